The van der Waals surface area contributed by atoms with E-state index in [1.54, 1.807) is 51.4 Å². The van der Waals surface area contributed by atoms with Crippen molar-refractivity contribution in [2.45, 2.75) is 93.7 Å². The fourth-order valence-electron chi connectivity index (χ4n) is 6.12. The molecule has 3 amide bonds. The predicted molar refractivity (Wildman–Crippen MR) is 166 cm³/mol. The van der Waals surface area contributed by atoms with Gasteiger partial charge in [-0.1, -0.05) is 12.1 Å². The summed E-state index contributed by atoms with van der Waals surface area (Å²) in [4.78, 5) is 34.0. The number of carbonyl (C=O) groups is 2. The van der Waals surface area contributed by atoms with Crippen LogP contribution in [0.4, 0.5) is 15.3 Å². The lowest BCUT2D eigenvalue weighted by atomic mass is 9.57. The van der Waals surface area contributed by atoms with Gasteiger partial charge < -0.3 is 21.1 Å². The van der Waals surface area contributed by atoms with E-state index in [1.165, 1.54) is 17.4 Å². The minimum atomic E-state index is -3.99. The highest BCUT2D eigenvalue weighted by Crippen LogP contribution is 2.55. The summed E-state index contributed by atoms with van der Waals surface area (Å²) in [6, 6.07) is 9.47. The van der Waals surface area contributed by atoms with Crippen molar-refractivity contribution in [1.29, 1.82) is 0 Å². The van der Waals surface area contributed by atoms with E-state index in [0.29, 0.717) is 21.8 Å². The number of hydrogen-bond donors (Lipinski definition) is 5. The van der Waals surface area contributed by atoms with E-state index in [4.69, 9.17) is 4.98 Å². The molecule has 1 unspecified atom stereocenters. The second kappa shape index (κ2) is 11.5. The molecule has 3 aliphatic carbocycles. The van der Waals surface area contributed by atoms with Gasteiger partial charge in [-0.25, -0.2) is 27.7 Å². The molecular weight excluding hydrogens is 589 g/mol. The van der Waals surface area contributed by atoms with Crippen LogP contribution in [0.3, 0.4) is 0 Å². The normalized spacial score (nSPS) is 22.5. The third-order valence-corrected chi connectivity index (χ3v) is 11.4. The zero-order valence-electron chi connectivity index (χ0n) is 24.7. The van der Waals surface area contributed by atoms with Crippen LogP contribution in [-0.2, 0) is 15.4 Å². The Morgan fingerprint density at radius 2 is 1.72 bits per heavy atom. The third-order valence-electron chi connectivity index (χ3n) is 8.29. The van der Waals surface area contributed by atoms with Gasteiger partial charge in [0, 0.05) is 40.1 Å². The van der Waals surface area contributed by atoms with Gasteiger partial charge in [0.05, 0.1) is 26.5 Å². The summed E-state index contributed by atoms with van der Waals surface area (Å²) in [5.74, 6) is 0. The number of anilines is 1. The van der Waals surface area contributed by atoms with Crippen molar-refractivity contribution >= 4 is 39.2 Å². The van der Waals surface area contributed by atoms with Gasteiger partial charge in [-0.05, 0) is 90.5 Å². The van der Waals surface area contributed by atoms with Crippen molar-refractivity contribution in [3.05, 3.63) is 59.5 Å². The Hall–Kier alpha value is -3.55. The molecule has 1 aromatic carbocycles. The number of rotatable bonds is 8. The number of thiazole rings is 1. The lowest BCUT2D eigenvalue weighted by Crippen LogP contribution is -2.57. The SMILES string of the molecule is CC(NC(=O)Nc1ccc(-c2cnc(C34CCC(NC(=O)O)(CC3)CC4)s2)c(S(=O)(=O)NC(C)(C)C)c1)c1ccccn1. The topological polar surface area (TPSA) is 162 Å². The van der Waals surface area contributed by atoms with Gasteiger partial charge in [0.2, 0.25) is 10.0 Å². The summed E-state index contributed by atoms with van der Waals surface area (Å²) < 4.78 is 30.1. The number of fused-ring (bicyclic) bond motifs is 3. The number of carboxylic acid groups (broad SMARTS) is 1. The van der Waals surface area contributed by atoms with Crippen LogP contribution in [0.25, 0.3) is 10.4 Å². The van der Waals surface area contributed by atoms with E-state index < -0.39 is 27.7 Å². The molecule has 2 aromatic heterocycles. The van der Waals surface area contributed by atoms with E-state index in [1.807, 2.05) is 19.1 Å². The second-order valence-corrected chi connectivity index (χ2v) is 15.3. The quantitative estimate of drug-likeness (QED) is 0.212. The van der Waals surface area contributed by atoms with Gasteiger partial charge in [-0.3, -0.25) is 4.98 Å². The Balaban J connectivity index is 1.41. The van der Waals surface area contributed by atoms with Crippen molar-refractivity contribution in [3.8, 4) is 10.4 Å². The molecule has 0 radical (unpaired) electrons. The average molecular weight is 627 g/mol. The van der Waals surface area contributed by atoms with Gasteiger partial charge in [-0.15, -0.1) is 11.3 Å². The van der Waals surface area contributed by atoms with Crippen molar-refractivity contribution in [1.82, 2.24) is 25.3 Å². The molecule has 230 valence electrons. The number of benzene rings is 1. The van der Waals surface area contributed by atoms with E-state index >= 15 is 0 Å². The van der Waals surface area contributed by atoms with Crippen LogP contribution in [-0.4, -0.2) is 46.7 Å². The van der Waals surface area contributed by atoms with Crippen molar-refractivity contribution in [3.63, 3.8) is 0 Å². The number of nitrogens with zero attached hydrogens (tertiary/aromatic N) is 2. The maximum Gasteiger partial charge on any atom is 0.405 e. The molecule has 1 atom stereocenters. The van der Waals surface area contributed by atoms with Crippen molar-refractivity contribution < 1.29 is 23.1 Å². The largest absolute Gasteiger partial charge is 0.465 e. The number of amides is 3. The minimum absolute atomic E-state index is 0.0441. The van der Waals surface area contributed by atoms with Gasteiger partial charge >= 0.3 is 12.1 Å². The monoisotopic (exact) mass is 626 g/mol. The molecule has 13 heteroatoms. The molecule has 0 spiro atoms. The summed E-state index contributed by atoms with van der Waals surface area (Å²) >= 11 is 1.48. The lowest BCUT2D eigenvalue weighted by molar-refractivity contribution is 0.0746. The molecule has 43 heavy (non-hydrogen) atoms. The first-order valence-electron chi connectivity index (χ1n) is 14.3. The molecule has 3 aromatic rings. The summed E-state index contributed by atoms with van der Waals surface area (Å²) in [6.07, 6.45) is 7.13. The molecule has 3 fully saturated rings. The Bertz CT molecular complexity index is 1590. The van der Waals surface area contributed by atoms with Crippen molar-refractivity contribution in [2.75, 3.05) is 5.32 Å². The van der Waals surface area contributed by atoms with Crippen LogP contribution in [0, 0.1) is 0 Å². The van der Waals surface area contributed by atoms with Crippen LogP contribution >= 0.6 is 11.3 Å². The Morgan fingerprint density at radius 3 is 2.33 bits per heavy atom. The van der Waals surface area contributed by atoms with Crippen molar-refractivity contribution in [2.24, 2.45) is 0 Å². The molecule has 0 aliphatic heterocycles. The summed E-state index contributed by atoms with van der Waals surface area (Å²) in [5.41, 5.74) is 0.293. The molecule has 0 saturated heterocycles. The first-order chi connectivity index (χ1) is 20.2. The molecule has 3 aliphatic rings. The maximum atomic E-state index is 13.7. The average Bonchev–Trinajstić information content (AvgIpc) is 3.44. The van der Waals surface area contributed by atoms with Gasteiger partial charge in [0.15, 0.2) is 0 Å². The van der Waals surface area contributed by atoms with Gasteiger partial charge in [-0.2, -0.15) is 0 Å². The Kier molecular flexibility index (Phi) is 8.27. The Labute approximate surface area is 256 Å². The predicted octanol–water partition coefficient (Wildman–Crippen LogP) is 5.78. The fourth-order valence-corrected chi connectivity index (χ4v) is 9.08. The summed E-state index contributed by atoms with van der Waals surface area (Å²) in [5, 5.41) is 18.6. The number of hydrogen-bond acceptors (Lipinski definition) is 7. The highest BCUT2D eigenvalue weighted by molar-refractivity contribution is 7.89. The third kappa shape index (κ3) is 6.84. The van der Waals surface area contributed by atoms with E-state index in [0.717, 1.165) is 43.5 Å². The first kappa shape index (κ1) is 30.9. The smallest absolute Gasteiger partial charge is 0.405 e. The maximum absolute atomic E-state index is 13.7. The van der Waals surface area contributed by atoms with Crippen LogP contribution < -0.4 is 20.7 Å². The van der Waals surface area contributed by atoms with Gasteiger partial charge in [0.25, 0.3) is 0 Å². The highest BCUT2D eigenvalue weighted by atomic mass is 32.2. The van der Waals surface area contributed by atoms with E-state index in [2.05, 4.69) is 25.7 Å². The Morgan fingerprint density at radius 1 is 1.02 bits per heavy atom. The minimum Gasteiger partial charge on any atom is -0.465 e. The molecule has 5 N–H and O–H groups in total. The van der Waals surface area contributed by atoms with Crippen LogP contribution in [0.5, 0.6) is 0 Å². The summed E-state index contributed by atoms with van der Waals surface area (Å²) in [6.45, 7) is 7.13. The molecule has 11 nitrogen and oxygen atoms in total. The molecule has 2 heterocycles. The van der Waals surface area contributed by atoms with E-state index in [-0.39, 0.29) is 21.9 Å². The molecular formula is C30H38N6O5S2. The number of nitrogens with one attached hydrogen (secondary N) is 4. The molecule has 3 saturated carbocycles. The first-order valence-corrected chi connectivity index (χ1v) is 16.6. The number of aromatic nitrogens is 2. The lowest BCUT2D eigenvalue weighted by Gasteiger charge is -2.52. The van der Waals surface area contributed by atoms with Crippen LogP contribution in [0.2, 0.25) is 0 Å². The zero-order chi connectivity index (χ0) is 31.0. The number of urea groups is 1. The van der Waals surface area contributed by atoms with Crippen LogP contribution in [0.15, 0.2) is 53.7 Å². The van der Waals surface area contributed by atoms with E-state index in [9.17, 15) is 23.1 Å². The molecule has 2 bridgehead atoms. The number of carbonyl (C=O) groups excluding carboxylic acids is 1. The van der Waals surface area contributed by atoms with Crippen LogP contribution in [0.1, 0.15) is 83.0 Å². The summed E-state index contributed by atoms with van der Waals surface area (Å²) in [7, 11) is -3.99. The molecule has 6 rings (SSSR count). The number of sulfonamides is 1. The zero-order valence-corrected chi connectivity index (χ0v) is 26.4. The second-order valence-electron chi connectivity index (χ2n) is 12.7. The standard InChI is InChI=1S/C30H38N6O5S2/c1-19(22-7-5-6-16-31-22)33-26(37)34-20-8-9-21(24(17-20)43(40,41)36-28(2,3)4)23-18-32-25(42-23)29-10-13-30(14-11-29,15-12-29)35-27(38)39/h5-9,16-19,35-36H,10-15H2,1-4H3,(H,38,39)(H2,33,34,37). The number of pyridine rings is 1. The fraction of sp³-hybridized carbons (Fsp3) is 0.467. The van der Waals surface area contributed by atoms with Gasteiger partial charge in [0.1, 0.15) is 0 Å². The highest BCUT2D eigenvalue weighted by Gasteiger charge is 2.51.